The lowest BCUT2D eigenvalue weighted by molar-refractivity contribution is -0.137. The lowest BCUT2D eigenvalue weighted by Crippen LogP contribution is -2.10. The average Bonchev–Trinajstić information content (AvgIpc) is 3.62. The van der Waals surface area contributed by atoms with Crippen LogP contribution < -0.4 is 9.47 Å². The Bertz CT molecular complexity index is 988. The Morgan fingerprint density at radius 2 is 2.00 bits per heavy atom. The molecule has 1 N–H and O–H groups in total. The molecule has 31 heavy (non-hydrogen) atoms. The molecule has 8 nitrogen and oxygen atoms in total. The Hall–Kier alpha value is -3.67. The Morgan fingerprint density at radius 3 is 2.68 bits per heavy atom. The van der Waals surface area contributed by atoms with E-state index in [4.69, 9.17) is 24.2 Å². The molecule has 0 radical (unpaired) electrons. The van der Waals surface area contributed by atoms with E-state index in [1.54, 1.807) is 36.4 Å². The number of aliphatic hydroxyl groups excluding tert-OH is 1. The van der Waals surface area contributed by atoms with Crippen LogP contribution >= 0.6 is 0 Å². The molecule has 0 aliphatic carbocycles. The third-order valence-corrected chi connectivity index (χ3v) is 4.26. The smallest absolute Gasteiger partial charge is 0.343 e. The van der Waals surface area contributed by atoms with E-state index in [-0.39, 0.29) is 31.5 Å². The molecular formula is C23H21NO7. The maximum Gasteiger partial charge on any atom is 0.343 e. The number of esters is 2. The van der Waals surface area contributed by atoms with E-state index in [1.807, 2.05) is 6.07 Å². The summed E-state index contributed by atoms with van der Waals surface area (Å²) >= 11 is 0. The van der Waals surface area contributed by atoms with Crippen LogP contribution in [0.2, 0.25) is 0 Å². The average molecular weight is 423 g/mol. The Labute approximate surface area is 179 Å². The van der Waals surface area contributed by atoms with Crippen molar-refractivity contribution in [2.75, 3.05) is 19.8 Å². The van der Waals surface area contributed by atoms with E-state index in [0.717, 1.165) is 0 Å². The van der Waals surface area contributed by atoms with Crippen molar-refractivity contribution in [2.45, 2.75) is 19.1 Å². The monoisotopic (exact) mass is 423 g/mol. The molecule has 2 aromatic carbocycles. The van der Waals surface area contributed by atoms with Crippen molar-refractivity contribution >= 4 is 18.0 Å². The number of carbonyl (C=O) groups is 2. The van der Waals surface area contributed by atoms with Crippen LogP contribution in [0.15, 0.2) is 48.5 Å². The van der Waals surface area contributed by atoms with E-state index < -0.39 is 11.9 Å². The summed E-state index contributed by atoms with van der Waals surface area (Å²) in [6, 6.07) is 13.2. The van der Waals surface area contributed by atoms with Gasteiger partial charge in [0.1, 0.15) is 30.8 Å². The molecule has 1 atom stereocenters. The number of hydrogen-bond donors (Lipinski definition) is 1. The first-order valence-electron chi connectivity index (χ1n) is 9.61. The van der Waals surface area contributed by atoms with Gasteiger partial charge >= 0.3 is 11.9 Å². The minimum atomic E-state index is -0.576. The van der Waals surface area contributed by atoms with Crippen molar-refractivity contribution in [3.63, 3.8) is 0 Å². The summed E-state index contributed by atoms with van der Waals surface area (Å²) in [6.45, 7) is 0.853. The van der Waals surface area contributed by atoms with Crippen LogP contribution in [0.5, 0.6) is 11.5 Å². The SMILES string of the molecule is N#CCCOC(=O)/C=C/c1ccc(OC(=O)c2ccc(OCC3CO3)cc2)c(CO)c1. The molecule has 1 heterocycles. The first kappa shape index (κ1) is 22.0. The Balaban J connectivity index is 1.59. The predicted octanol–water partition coefficient (Wildman–Crippen LogP) is 2.65. The van der Waals surface area contributed by atoms with Crippen molar-refractivity contribution in [3.8, 4) is 17.6 Å². The van der Waals surface area contributed by atoms with Gasteiger partial charge in [-0.05, 0) is 48.0 Å². The zero-order chi connectivity index (χ0) is 22.1. The van der Waals surface area contributed by atoms with E-state index in [9.17, 15) is 14.7 Å². The summed E-state index contributed by atoms with van der Waals surface area (Å²) in [7, 11) is 0. The summed E-state index contributed by atoms with van der Waals surface area (Å²) in [6.07, 6.45) is 3.00. The minimum absolute atomic E-state index is 0.0263. The molecule has 160 valence electrons. The molecule has 1 fully saturated rings. The van der Waals surface area contributed by atoms with Crippen LogP contribution in [0.4, 0.5) is 0 Å². The molecule has 1 aliphatic heterocycles. The fourth-order valence-corrected chi connectivity index (χ4v) is 2.54. The number of carbonyl (C=O) groups excluding carboxylic acids is 2. The minimum Gasteiger partial charge on any atom is -0.491 e. The van der Waals surface area contributed by atoms with Crippen LogP contribution in [-0.4, -0.2) is 43.0 Å². The second-order valence-electron chi connectivity index (χ2n) is 6.61. The summed E-state index contributed by atoms with van der Waals surface area (Å²) in [5.41, 5.74) is 1.34. The van der Waals surface area contributed by atoms with Crippen LogP contribution in [-0.2, 0) is 20.9 Å². The summed E-state index contributed by atoms with van der Waals surface area (Å²) in [5, 5.41) is 18.1. The largest absolute Gasteiger partial charge is 0.491 e. The first-order valence-corrected chi connectivity index (χ1v) is 9.61. The highest BCUT2D eigenvalue weighted by Crippen LogP contribution is 2.23. The first-order chi connectivity index (χ1) is 15.1. The van der Waals surface area contributed by atoms with E-state index in [2.05, 4.69) is 0 Å². The molecule has 2 aromatic rings. The van der Waals surface area contributed by atoms with E-state index in [0.29, 0.717) is 35.7 Å². The number of epoxide rings is 1. The third kappa shape index (κ3) is 6.96. The number of nitriles is 1. The van der Waals surface area contributed by atoms with Crippen LogP contribution in [0.25, 0.3) is 6.08 Å². The van der Waals surface area contributed by atoms with Crippen molar-refractivity contribution in [3.05, 3.63) is 65.2 Å². The van der Waals surface area contributed by atoms with Gasteiger partial charge in [0.2, 0.25) is 0 Å². The molecule has 8 heteroatoms. The third-order valence-electron chi connectivity index (χ3n) is 4.26. The fourth-order valence-electron chi connectivity index (χ4n) is 2.54. The van der Waals surface area contributed by atoms with Gasteiger partial charge in [0.15, 0.2) is 0 Å². The number of benzene rings is 2. The highest BCUT2D eigenvalue weighted by molar-refractivity contribution is 5.91. The Kier molecular flexibility index (Phi) is 7.76. The van der Waals surface area contributed by atoms with Gasteiger partial charge in [-0.15, -0.1) is 0 Å². The maximum atomic E-state index is 12.4. The van der Waals surface area contributed by atoms with E-state index in [1.165, 1.54) is 18.2 Å². The number of rotatable bonds is 10. The van der Waals surface area contributed by atoms with Crippen molar-refractivity contribution in [2.24, 2.45) is 0 Å². The van der Waals surface area contributed by atoms with E-state index >= 15 is 0 Å². The second-order valence-corrected chi connectivity index (χ2v) is 6.61. The quantitative estimate of drug-likeness (QED) is 0.204. The van der Waals surface area contributed by atoms with Gasteiger partial charge in [-0.25, -0.2) is 9.59 Å². The standard InChI is InChI=1S/C23H21NO7/c24-10-1-11-28-22(26)9-3-16-2-8-21(18(12-16)13-25)31-23(27)17-4-6-19(7-5-17)29-14-20-15-30-20/h2-9,12,20,25H,1,11,13-15H2/b9-3+. The molecule has 0 aromatic heterocycles. The predicted molar refractivity (Wildman–Crippen MR) is 109 cm³/mol. The summed E-state index contributed by atoms with van der Waals surface area (Å²) in [4.78, 5) is 24.0. The number of hydrogen-bond acceptors (Lipinski definition) is 8. The molecule has 3 rings (SSSR count). The zero-order valence-electron chi connectivity index (χ0n) is 16.7. The maximum absolute atomic E-state index is 12.4. The molecule has 0 bridgehead atoms. The molecule has 0 saturated carbocycles. The van der Waals surface area contributed by atoms with Gasteiger partial charge in [0.25, 0.3) is 0 Å². The fraction of sp³-hybridized carbons (Fsp3) is 0.261. The van der Waals surface area contributed by atoms with Gasteiger partial charge in [-0.3, -0.25) is 0 Å². The number of aliphatic hydroxyl groups is 1. The van der Waals surface area contributed by atoms with Crippen LogP contribution in [0, 0.1) is 11.3 Å². The van der Waals surface area contributed by atoms with Gasteiger partial charge in [0, 0.05) is 11.6 Å². The lowest BCUT2D eigenvalue weighted by Gasteiger charge is -2.10. The highest BCUT2D eigenvalue weighted by Gasteiger charge is 2.23. The number of ether oxygens (including phenoxy) is 4. The van der Waals surface area contributed by atoms with Crippen LogP contribution in [0.1, 0.15) is 27.9 Å². The van der Waals surface area contributed by atoms with Gasteiger partial charge < -0.3 is 24.1 Å². The zero-order valence-corrected chi connectivity index (χ0v) is 16.7. The molecule has 1 aliphatic rings. The van der Waals surface area contributed by atoms with Gasteiger partial charge in [-0.1, -0.05) is 6.07 Å². The van der Waals surface area contributed by atoms with Crippen molar-refractivity contribution in [1.82, 2.24) is 0 Å². The molecule has 0 spiro atoms. The van der Waals surface area contributed by atoms with Crippen LogP contribution in [0.3, 0.4) is 0 Å². The summed E-state index contributed by atoms with van der Waals surface area (Å²) < 4.78 is 20.9. The molecule has 1 saturated heterocycles. The second kappa shape index (κ2) is 10.9. The number of nitrogens with zero attached hydrogens (tertiary/aromatic N) is 1. The topological polar surface area (TPSA) is 118 Å². The lowest BCUT2D eigenvalue weighted by atomic mass is 10.1. The van der Waals surface area contributed by atoms with Gasteiger partial charge in [0.05, 0.1) is 31.3 Å². The van der Waals surface area contributed by atoms with Crippen molar-refractivity contribution < 1.29 is 33.6 Å². The summed E-state index contributed by atoms with van der Waals surface area (Å²) in [5.74, 6) is -0.303. The molecule has 1 unspecified atom stereocenters. The molecular weight excluding hydrogens is 402 g/mol. The van der Waals surface area contributed by atoms with Crippen molar-refractivity contribution in [1.29, 1.82) is 5.26 Å². The Morgan fingerprint density at radius 1 is 1.23 bits per heavy atom. The highest BCUT2D eigenvalue weighted by atomic mass is 16.6. The molecule has 0 amide bonds. The normalized spacial score (nSPS) is 14.6. The van der Waals surface area contributed by atoms with Gasteiger partial charge in [-0.2, -0.15) is 5.26 Å².